The molecule has 0 saturated carbocycles. The Kier molecular flexibility index (Phi) is 4.32. The first-order chi connectivity index (χ1) is 9.09. The summed E-state index contributed by atoms with van der Waals surface area (Å²) in [6.45, 7) is 1.51. The van der Waals surface area contributed by atoms with Crippen molar-refractivity contribution in [3.05, 3.63) is 65.2 Å². The topological polar surface area (TPSA) is 17.1 Å². The van der Waals surface area contributed by atoms with Gasteiger partial charge in [-0.1, -0.05) is 24.3 Å². The molecule has 0 amide bonds. The number of hydrogen-bond acceptors (Lipinski definition) is 2. The molecule has 2 aromatic rings. The average molecular weight is 278 g/mol. The molecule has 0 heterocycles. The highest BCUT2D eigenvalue weighted by Crippen LogP contribution is 2.22. The summed E-state index contributed by atoms with van der Waals surface area (Å²) in [5.74, 6) is -2.09. The minimum atomic E-state index is -0.804. The monoisotopic (exact) mass is 278 g/mol. The highest BCUT2D eigenvalue weighted by molar-refractivity contribution is 8.00. The highest BCUT2D eigenvalue weighted by Gasteiger charge is 2.18. The second kappa shape index (κ2) is 5.97. The van der Waals surface area contributed by atoms with Crippen molar-refractivity contribution in [2.75, 3.05) is 5.75 Å². The van der Waals surface area contributed by atoms with Gasteiger partial charge in [-0.05, 0) is 30.7 Å². The van der Waals surface area contributed by atoms with Crippen molar-refractivity contribution in [1.29, 1.82) is 0 Å². The Morgan fingerprint density at radius 1 is 1.11 bits per heavy atom. The zero-order valence-corrected chi connectivity index (χ0v) is 11.1. The summed E-state index contributed by atoms with van der Waals surface area (Å²) in [7, 11) is 0. The second-order valence-electron chi connectivity index (χ2n) is 4.08. The predicted molar refractivity (Wildman–Crippen MR) is 72.6 cm³/mol. The maximum absolute atomic E-state index is 13.8. The fourth-order valence-electron chi connectivity index (χ4n) is 1.65. The smallest absolute Gasteiger partial charge is 0.178 e. The summed E-state index contributed by atoms with van der Waals surface area (Å²) < 4.78 is 27.3. The van der Waals surface area contributed by atoms with Gasteiger partial charge in [0.15, 0.2) is 5.78 Å². The van der Waals surface area contributed by atoms with Gasteiger partial charge in [-0.15, -0.1) is 11.8 Å². The van der Waals surface area contributed by atoms with E-state index >= 15 is 0 Å². The Hall–Kier alpha value is -1.68. The maximum atomic E-state index is 13.8. The lowest BCUT2D eigenvalue weighted by molar-refractivity contribution is 0.101. The van der Waals surface area contributed by atoms with Crippen LogP contribution < -0.4 is 0 Å². The third-order valence-electron chi connectivity index (χ3n) is 2.68. The molecule has 0 aromatic heterocycles. The maximum Gasteiger partial charge on any atom is 0.178 e. The Balaban J connectivity index is 2.15. The van der Waals surface area contributed by atoms with E-state index in [0.717, 1.165) is 11.0 Å². The molecule has 0 aliphatic rings. The van der Waals surface area contributed by atoms with Gasteiger partial charge in [0.1, 0.15) is 11.6 Å². The molecule has 19 heavy (non-hydrogen) atoms. The van der Waals surface area contributed by atoms with Gasteiger partial charge in [-0.25, -0.2) is 8.78 Å². The SMILES string of the molecule is Cc1ccc(F)c(C(=O)CSc2ccccc2)c1F. The molecule has 0 atom stereocenters. The largest absolute Gasteiger partial charge is 0.293 e. The molecular formula is C15H12F2OS. The third-order valence-corrected chi connectivity index (χ3v) is 3.69. The molecule has 0 unspecified atom stereocenters. The molecule has 0 N–H and O–H groups in total. The lowest BCUT2D eigenvalue weighted by Crippen LogP contribution is -2.09. The van der Waals surface area contributed by atoms with E-state index in [1.807, 2.05) is 30.3 Å². The molecule has 0 fully saturated rings. The normalized spacial score (nSPS) is 10.5. The average Bonchev–Trinajstić information content (AvgIpc) is 2.42. The Labute approximate surface area is 114 Å². The Bertz CT molecular complexity index is 597. The highest BCUT2D eigenvalue weighted by atomic mass is 32.2. The second-order valence-corrected chi connectivity index (χ2v) is 5.13. The van der Waals surface area contributed by atoms with Crippen LogP contribution in [0.4, 0.5) is 8.78 Å². The molecule has 0 spiro atoms. The van der Waals surface area contributed by atoms with Crippen molar-refractivity contribution < 1.29 is 13.6 Å². The zero-order valence-electron chi connectivity index (χ0n) is 10.3. The van der Waals surface area contributed by atoms with Gasteiger partial charge in [0.2, 0.25) is 0 Å². The Morgan fingerprint density at radius 3 is 2.47 bits per heavy atom. The van der Waals surface area contributed by atoms with Crippen LogP contribution in [0, 0.1) is 18.6 Å². The van der Waals surface area contributed by atoms with Crippen molar-refractivity contribution in [2.24, 2.45) is 0 Å². The van der Waals surface area contributed by atoms with E-state index in [1.165, 1.54) is 24.8 Å². The first-order valence-corrected chi connectivity index (χ1v) is 6.74. The molecule has 0 bridgehead atoms. The van der Waals surface area contributed by atoms with Crippen LogP contribution in [-0.2, 0) is 0 Å². The molecule has 2 rings (SSSR count). The molecule has 0 aliphatic heterocycles. The van der Waals surface area contributed by atoms with Gasteiger partial charge in [-0.3, -0.25) is 4.79 Å². The first-order valence-electron chi connectivity index (χ1n) is 5.75. The molecule has 2 aromatic carbocycles. The van der Waals surface area contributed by atoms with Crippen LogP contribution in [0.5, 0.6) is 0 Å². The number of thioether (sulfide) groups is 1. The summed E-state index contributed by atoms with van der Waals surface area (Å²) in [6, 6.07) is 11.7. The van der Waals surface area contributed by atoms with Crippen molar-refractivity contribution in [2.45, 2.75) is 11.8 Å². The number of ketones is 1. The number of rotatable bonds is 4. The fourth-order valence-corrected chi connectivity index (χ4v) is 2.44. The Morgan fingerprint density at radius 2 is 1.79 bits per heavy atom. The van der Waals surface area contributed by atoms with Crippen molar-refractivity contribution in [1.82, 2.24) is 0 Å². The third kappa shape index (κ3) is 3.20. The summed E-state index contributed by atoms with van der Waals surface area (Å²) in [6.07, 6.45) is 0. The molecule has 0 radical (unpaired) electrons. The minimum Gasteiger partial charge on any atom is -0.293 e. The standard InChI is InChI=1S/C15H12F2OS/c1-10-7-8-12(16)14(15(10)17)13(18)9-19-11-5-3-2-4-6-11/h2-8H,9H2,1H3. The van der Waals surface area contributed by atoms with E-state index in [1.54, 1.807) is 0 Å². The molecule has 1 nitrogen and oxygen atoms in total. The molecule has 98 valence electrons. The van der Waals surface area contributed by atoms with Crippen LogP contribution in [0.3, 0.4) is 0 Å². The van der Waals surface area contributed by atoms with Gasteiger partial charge in [-0.2, -0.15) is 0 Å². The van der Waals surface area contributed by atoms with E-state index in [-0.39, 0.29) is 11.3 Å². The number of Topliss-reactive ketones (excluding diaryl/α,β-unsaturated/α-hetero) is 1. The molecule has 0 saturated heterocycles. The predicted octanol–water partition coefficient (Wildman–Crippen LogP) is 4.25. The first kappa shape index (κ1) is 13.7. The van der Waals surface area contributed by atoms with E-state index < -0.39 is 23.0 Å². The number of benzene rings is 2. The van der Waals surface area contributed by atoms with Crippen molar-refractivity contribution in [3.63, 3.8) is 0 Å². The van der Waals surface area contributed by atoms with Crippen LogP contribution >= 0.6 is 11.8 Å². The fraction of sp³-hybridized carbons (Fsp3) is 0.133. The van der Waals surface area contributed by atoms with Gasteiger partial charge < -0.3 is 0 Å². The van der Waals surface area contributed by atoms with E-state index in [9.17, 15) is 13.6 Å². The van der Waals surface area contributed by atoms with Gasteiger partial charge in [0, 0.05) is 4.90 Å². The molecule has 4 heteroatoms. The summed E-state index contributed by atoms with van der Waals surface area (Å²) in [5.41, 5.74) is -0.169. The molecular weight excluding hydrogens is 266 g/mol. The van der Waals surface area contributed by atoms with Crippen LogP contribution in [0.25, 0.3) is 0 Å². The number of halogens is 2. The summed E-state index contributed by atoms with van der Waals surface area (Å²) in [5, 5.41) is 0. The van der Waals surface area contributed by atoms with E-state index in [4.69, 9.17) is 0 Å². The quantitative estimate of drug-likeness (QED) is 0.614. The van der Waals surface area contributed by atoms with E-state index in [0.29, 0.717) is 0 Å². The lowest BCUT2D eigenvalue weighted by Gasteiger charge is -2.06. The summed E-state index contributed by atoms with van der Waals surface area (Å²) >= 11 is 1.26. The van der Waals surface area contributed by atoms with E-state index in [2.05, 4.69) is 0 Å². The molecule has 0 aliphatic carbocycles. The number of carbonyl (C=O) groups is 1. The van der Waals surface area contributed by atoms with Crippen LogP contribution in [0.2, 0.25) is 0 Å². The van der Waals surface area contributed by atoms with Gasteiger partial charge >= 0.3 is 0 Å². The number of carbonyl (C=O) groups excluding carboxylic acids is 1. The van der Waals surface area contributed by atoms with Crippen molar-refractivity contribution in [3.8, 4) is 0 Å². The summed E-state index contributed by atoms with van der Waals surface area (Å²) in [4.78, 5) is 12.8. The lowest BCUT2D eigenvalue weighted by atomic mass is 10.1. The number of aryl methyl sites for hydroxylation is 1. The van der Waals surface area contributed by atoms with Crippen molar-refractivity contribution >= 4 is 17.5 Å². The van der Waals surface area contributed by atoms with Gasteiger partial charge in [0.25, 0.3) is 0 Å². The van der Waals surface area contributed by atoms with Crippen LogP contribution in [0.15, 0.2) is 47.4 Å². The number of hydrogen-bond donors (Lipinski definition) is 0. The van der Waals surface area contributed by atoms with Crippen LogP contribution in [0.1, 0.15) is 15.9 Å². The zero-order chi connectivity index (χ0) is 13.8. The van der Waals surface area contributed by atoms with Gasteiger partial charge in [0.05, 0.1) is 11.3 Å². The minimum absolute atomic E-state index is 0.0152. The van der Waals surface area contributed by atoms with Crippen LogP contribution in [-0.4, -0.2) is 11.5 Å².